The highest BCUT2D eigenvalue weighted by molar-refractivity contribution is 6.31. The van der Waals surface area contributed by atoms with Gasteiger partial charge in [-0.05, 0) is 62.9 Å². The van der Waals surface area contributed by atoms with Crippen molar-refractivity contribution >= 4 is 23.3 Å². The van der Waals surface area contributed by atoms with E-state index in [1.165, 1.54) is 16.0 Å². The van der Waals surface area contributed by atoms with Crippen LogP contribution in [0, 0.1) is 6.57 Å². The van der Waals surface area contributed by atoms with Crippen LogP contribution in [0.2, 0.25) is 5.02 Å². The number of hydrogen-bond acceptors (Lipinski definition) is 7. The third-order valence-electron chi connectivity index (χ3n) is 11.1. The van der Waals surface area contributed by atoms with Crippen molar-refractivity contribution in [3.63, 3.8) is 0 Å². The second kappa shape index (κ2) is 12.0. The van der Waals surface area contributed by atoms with Crippen LogP contribution in [0.5, 0.6) is 6.01 Å². The molecule has 3 fully saturated rings. The van der Waals surface area contributed by atoms with Crippen molar-refractivity contribution in [2.75, 3.05) is 57.8 Å². The van der Waals surface area contributed by atoms with E-state index in [1.807, 2.05) is 12.1 Å². The van der Waals surface area contributed by atoms with Crippen LogP contribution >= 0.6 is 11.6 Å². The highest BCUT2D eigenvalue weighted by atomic mass is 35.5. The first kappa shape index (κ1) is 31.3. The average Bonchev–Trinajstić information content (AvgIpc) is 3.56. The van der Waals surface area contributed by atoms with Gasteiger partial charge in [-0.3, -0.25) is 14.6 Å². The summed E-state index contributed by atoms with van der Waals surface area (Å²) in [5.74, 6) is -1.09. The van der Waals surface area contributed by atoms with Gasteiger partial charge in [0.05, 0.1) is 16.8 Å². The van der Waals surface area contributed by atoms with E-state index in [0.717, 1.165) is 54.9 Å². The summed E-state index contributed by atoms with van der Waals surface area (Å²) in [5.41, 5.74) is 3.67. The lowest BCUT2D eigenvalue weighted by Gasteiger charge is -2.50. The van der Waals surface area contributed by atoms with E-state index >= 15 is 0 Å². The summed E-state index contributed by atoms with van der Waals surface area (Å²) in [6, 6.07) is 5.91. The number of piperazine rings is 1. The maximum Gasteiger partial charge on any atom is 0.318 e. The Kier molecular flexibility index (Phi) is 8.18. The molecule has 1 aromatic carbocycles. The van der Waals surface area contributed by atoms with Crippen LogP contribution in [-0.4, -0.2) is 101 Å². The van der Waals surface area contributed by atoms with Gasteiger partial charge in [0.15, 0.2) is 5.83 Å². The van der Waals surface area contributed by atoms with Crippen LogP contribution in [0.25, 0.3) is 4.85 Å². The Bertz CT molecular complexity index is 1600. The average molecular weight is 652 g/mol. The lowest BCUT2D eigenvalue weighted by Crippen LogP contribution is -2.57. The van der Waals surface area contributed by atoms with Crippen molar-refractivity contribution < 1.29 is 18.3 Å². The Morgan fingerprint density at radius 3 is 2.85 bits per heavy atom. The number of carbonyl (C=O) groups is 1. The molecule has 4 atom stereocenters. The predicted molar refractivity (Wildman–Crippen MR) is 171 cm³/mol. The lowest BCUT2D eigenvalue weighted by atomic mass is 9.70. The molecule has 3 saturated heterocycles. The van der Waals surface area contributed by atoms with Crippen LogP contribution in [0.1, 0.15) is 54.5 Å². The molecule has 1 unspecified atom stereocenters. The number of likely N-dealkylation sites (N-methyl/N-ethyl adjacent to an activating group) is 1. The Labute approximate surface area is 274 Å². The third kappa shape index (κ3) is 5.23. The predicted octanol–water partition coefficient (Wildman–Crippen LogP) is 4.72. The van der Waals surface area contributed by atoms with Crippen molar-refractivity contribution in [1.29, 1.82) is 0 Å². The molecule has 0 radical (unpaired) electrons. The number of nitrogens with zero attached hydrogens (tertiary/aromatic N) is 7. The molecular formula is C34H40ClF2N7O2. The van der Waals surface area contributed by atoms with Gasteiger partial charge in [-0.15, -0.1) is 0 Å². The molecule has 1 aromatic heterocycles. The lowest BCUT2D eigenvalue weighted by molar-refractivity contribution is -0.131. The maximum absolute atomic E-state index is 14.5. The molecule has 1 amide bonds. The summed E-state index contributed by atoms with van der Waals surface area (Å²) in [6.45, 7) is 13.9. The minimum absolute atomic E-state index is 0.0372. The second-order valence-corrected chi connectivity index (χ2v) is 14.1. The normalized spacial score (nSPS) is 29.3. The fourth-order valence-corrected chi connectivity index (χ4v) is 9.10. The molecule has 0 bridgehead atoms. The zero-order chi connectivity index (χ0) is 32.2. The van der Waals surface area contributed by atoms with E-state index in [9.17, 15) is 13.6 Å². The summed E-state index contributed by atoms with van der Waals surface area (Å²) in [7, 11) is 2.14. The third-order valence-corrected chi connectivity index (χ3v) is 11.4. The summed E-state index contributed by atoms with van der Waals surface area (Å²) in [4.78, 5) is 34.3. The van der Waals surface area contributed by atoms with Crippen molar-refractivity contribution in [1.82, 2.24) is 24.7 Å². The molecular weight excluding hydrogens is 612 g/mol. The van der Waals surface area contributed by atoms with Crippen molar-refractivity contribution in [3.8, 4) is 6.01 Å². The molecule has 1 spiro atoms. The van der Waals surface area contributed by atoms with Gasteiger partial charge < -0.3 is 19.4 Å². The number of aromatic nitrogens is 2. The highest BCUT2D eigenvalue weighted by Crippen LogP contribution is 2.48. The van der Waals surface area contributed by atoms with Crippen LogP contribution in [0.15, 0.2) is 30.6 Å². The smallest absolute Gasteiger partial charge is 0.318 e. The molecule has 5 heterocycles. The largest absolute Gasteiger partial charge is 0.461 e. The van der Waals surface area contributed by atoms with Gasteiger partial charge in [-0.25, -0.2) is 15.4 Å². The van der Waals surface area contributed by atoms with Crippen molar-refractivity contribution in [2.24, 2.45) is 0 Å². The van der Waals surface area contributed by atoms with E-state index in [0.29, 0.717) is 51.4 Å². The first-order chi connectivity index (χ1) is 22.1. The minimum Gasteiger partial charge on any atom is -0.461 e. The fourth-order valence-electron chi connectivity index (χ4n) is 8.83. The molecule has 9 nitrogen and oxygen atoms in total. The van der Waals surface area contributed by atoms with E-state index in [-0.39, 0.29) is 30.2 Å². The van der Waals surface area contributed by atoms with Gasteiger partial charge in [0.25, 0.3) is 5.91 Å². The van der Waals surface area contributed by atoms with E-state index in [4.69, 9.17) is 32.9 Å². The van der Waals surface area contributed by atoms with E-state index in [2.05, 4.69) is 39.2 Å². The summed E-state index contributed by atoms with van der Waals surface area (Å²) in [6.07, 6.45) is 5.03. The number of hydrogen-bond donors (Lipinski definition) is 0. The fraction of sp³-hybridized carbons (Fsp3) is 0.588. The number of ether oxygens (including phenoxy) is 1. The Morgan fingerprint density at radius 1 is 1.20 bits per heavy atom. The molecule has 2 aromatic rings. The summed E-state index contributed by atoms with van der Waals surface area (Å²) < 4.78 is 34.9. The quantitative estimate of drug-likeness (QED) is 0.331. The van der Waals surface area contributed by atoms with Gasteiger partial charge in [0, 0.05) is 56.2 Å². The highest BCUT2D eigenvalue weighted by Gasteiger charge is 2.50. The van der Waals surface area contributed by atoms with Crippen LogP contribution in [0.4, 0.5) is 14.6 Å². The van der Waals surface area contributed by atoms with Crippen LogP contribution in [-0.2, 0) is 29.7 Å². The zero-order valence-corrected chi connectivity index (χ0v) is 27.0. The topological polar surface area (TPSA) is 69.4 Å². The Balaban J connectivity index is 1.26. The second-order valence-electron chi connectivity index (χ2n) is 13.6. The number of halogens is 3. The standard InChI is InChI=1S/C34H40ClF2N7O2/c1-22(36)31(45)44-14-13-42(19-24(44)17-38-2)30-26-20-41(3)34(11-5-7-25-27(34)8-4-9-28(25)35)16-29(26)39-32(40-30)46-21-33-10-6-12-43(33)18-23(37)15-33/h4,8-9,23-24H,1,5-7,10-21H2,3H3/t23-,24+,33+,34?/m1/s1. The maximum atomic E-state index is 14.5. The molecule has 4 aliphatic heterocycles. The number of anilines is 1. The number of amides is 1. The SMILES string of the molecule is [C-]#[N+]C[C@H]1CN(c2nc(OC[C@@]34CCCN3C[C@H](F)C4)nc3c2CN(C)C2(CCCc4c(Cl)cccc42)C3)CCN1C(=O)C(=C)F. The van der Waals surface area contributed by atoms with E-state index in [1.54, 1.807) is 0 Å². The molecule has 46 heavy (non-hydrogen) atoms. The van der Waals surface area contributed by atoms with Crippen LogP contribution in [0.3, 0.4) is 0 Å². The summed E-state index contributed by atoms with van der Waals surface area (Å²) >= 11 is 6.72. The molecule has 12 heteroatoms. The van der Waals surface area contributed by atoms with Gasteiger partial charge in [0.1, 0.15) is 24.6 Å². The monoisotopic (exact) mass is 651 g/mol. The first-order valence-electron chi connectivity index (χ1n) is 16.3. The van der Waals surface area contributed by atoms with E-state index < -0.39 is 23.9 Å². The molecule has 0 saturated carbocycles. The first-order valence-corrected chi connectivity index (χ1v) is 16.7. The molecule has 1 aliphatic carbocycles. The molecule has 5 aliphatic rings. The number of fused-ring (bicyclic) bond motifs is 4. The number of rotatable bonds is 6. The summed E-state index contributed by atoms with van der Waals surface area (Å²) in [5, 5.41) is 0.792. The molecule has 0 N–H and O–H groups in total. The molecule has 7 rings (SSSR count). The van der Waals surface area contributed by atoms with Crippen molar-refractivity contribution in [2.45, 2.75) is 74.8 Å². The number of benzene rings is 1. The van der Waals surface area contributed by atoms with Gasteiger partial charge in [-0.2, -0.15) is 9.97 Å². The number of alkyl halides is 1. The van der Waals surface area contributed by atoms with Crippen molar-refractivity contribution in [3.05, 3.63) is 69.4 Å². The van der Waals surface area contributed by atoms with Crippen LogP contribution < -0.4 is 9.64 Å². The Morgan fingerprint density at radius 2 is 2.04 bits per heavy atom. The minimum atomic E-state index is -1.03. The zero-order valence-electron chi connectivity index (χ0n) is 26.3. The van der Waals surface area contributed by atoms with Gasteiger partial charge >= 0.3 is 6.01 Å². The van der Waals surface area contributed by atoms with Gasteiger partial charge in [0.2, 0.25) is 6.54 Å². The Hall–Kier alpha value is -3.33. The molecule has 244 valence electrons. The number of carbonyl (C=O) groups excluding carboxylic acids is 1. The van der Waals surface area contributed by atoms with Gasteiger partial charge in [-0.1, -0.05) is 30.3 Å².